The summed E-state index contributed by atoms with van der Waals surface area (Å²) in [5.41, 5.74) is 2.25. The average molecular weight is 177 g/mol. The van der Waals surface area contributed by atoms with Gasteiger partial charge < -0.3 is 0 Å². The van der Waals surface area contributed by atoms with Crippen LogP contribution in [0.1, 0.15) is 11.7 Å². The Labute approximate surface area is 67.5 Å². The SMILES string of the molecule is Cn1nncc1C(NN)C(F)F. The number of hydrogen-bond donors (Lipinski definition) is 2. The van der Waals surface area contributed by atoms with E-state index in [-0.39, 0.29) is 5.69 Å². The summed E-state index contributed by atoms with van der Waals surface area (Å²) in [6, 6.07) is -1.22. The van der Waals surface area contributed by atoms with Gasteiger partial charge in [0.05, 0.1) is 11.9 Å². The van der Waals surface area contributed by atoms with Crippen LogP contribution in [0.2, 0.25) is 0 Å². The molecule has 0 fully saturated rings. The van der Waals surface area contributed by atoms with Gasteiger partial charge in [-0.25, -0.2) is 14.2 Å². The van der Waals surface area contributed by atoms with E-state index in [0.29, 0.717) is 0 Å². The Hall–Kier alpha value is -1.08. The number of nitrogens with one attached hydrogen (secondary N) is 1. The number of nitrogens with zero attached hydrogens (tertiary/aromatic N) is 3. The Balaban J connectivity index is 2.87. The Morgan fingerprint density at radius 1 is 1.67 bits per heavy atom. The summed E-state index contributed by atoms with van der Waals surface area (Å²) in [5.74, 6) is 4.93. The van der Waals surface area contributed by atoms with Crippen molar-refractivity contribution in [3.8, 4) is 0 Å². The zero-order valence-electron chi connectivity index (χ0n) is 6.41. The van der Waals surface area contributed by atoms with E-state index in [1.54, 1.807) is 0 Å². The lowest BCUT2D eigenvalue weighted by Crippen LogP contribution is -2.34. The molecule has 0 aliphatic rings. The largest absolute Gasteiger partial charge is 0.271 e. The summed E-state index contributed by atoms with van der Waals surface area (Å²) < 4.78 is 25.7. The summed E-state index contributed by atoms with van der Waals surface area (Å²) >= 11 is 0. The average Bonchev–Trinajstić information content (AvgIpc) is 2.38. The summed E-state index contributed by atoms with van der Waals surface area (Å²) in [7, 11) is 1.52. The van der Waals surface area contributed by atoms with Gasteiger partial charge in [-0.2, -0.15) is 0 Å². The lowest BCUT2D eigenvalue weighted by molar-refractivity contribution is 0.0949. The molecule has 0 spiro atoms. The number of alkyl halides is 2. The number of hydrogen-bond acceptors (Lipinski definition) is 4. The van der Waals surface area contributed by atoms with Crippen LogP contribution in [-0.2, 0) is 7.05 Å². The Morgan fingerprint density at radius 3 is 2.67 bits per heavy atom. The first kappa shape index (κ1) is 9.01. The van der Waals surface area contributed by atoms with Gasteiger partial charge in [-0.05, 0) is 0 Å². The first-order valence-corrected chi connectivity index (χ1v) is 3.25. The Morgan fingerprint density at radius 2 is 2.33 bits per heavy atom. The van der Waals surface area contributed by atoms with Crippen molar-refractivity contribution in [1.29, 1.82) is 0 Å². The van der Waals surface area contributed by atoms with Crippen molar-refractivity contribution >= 4 is 0 Å². The molecular formula is C5H9F2N5. The van der Waals surface area contributed by atoms with Crippen LogP contribution in [0.15, 0.2) is 6.20 Å². The van der Waals surface area contributed by atoms with Crippen molar-refractivity contribution in [3.63, 3.8) is 0 Å². The standard InChI is InChI=1S/C5H9F2N5/c1-12-3(2-9-11-12)4(10-8)5(6)7/h2,4-5,10H,8H2,1H3. The van der Waals surface area contributed by atoms with Crippen LogP contribution in [-0.4, -0.2) is 21.4 Å². The molecule has 1 aromatic rings. The van der Waals surface area contributed by atoms with Crippen LogP contribution in [0.25, 0.3) is 0 Å². The van der Waals surface area contributed by atoms with E-state index < -0.39 is 12.5 Å². The van der Waals surface area contributed by atoms with E-state index in [1.807, 2.05) is 5.43 Å². The van der Waals surface area contributed by atoms with Crippen molar-refractivity contribution in [3.05, 3.63) is 11.9 Å². The van der Waals surface area contributed by atoms with Gasteiger partial charge in [0.25, 0.3) is 6.43 Å². The minimum Gasteiger partial charge on any atom is -0.271 e. The van der Waals surface area contributed by atoms with Gasteiger partial charge >= 0.3 is 0 Å². The fourth-order valence-corrected chi connectivity index (χ4v) is 0.866. The highest BCUT2D eigenvalue weighted by Gasteiger charge is 2.23. The van der Waals surface area contributed by atoms with Gasteiger partial charge in [-0.3, -0.25) is 10.5 Å². The normalized spacial score (nSPS) is 13.8. The third-order valence-electron chi connectivity index (χ3n) is 1.50. The predicted molar refractivity (Wildman–Crippen MR) is 37.1 cm³/mol. The number of hydrazine groups is 1. The van der Waals surface area contributed by atoms with Crippen molar-refractivity contribution in [2.45, 2.75) is 12.5 Å². The molecule has 7 heteroatoms. The van der Waals surface area contributed by atoms with Gasteiger partial charge in [-0.1, -0.05) is 5.21 Å². The number of halogens is 2. The molecule has 68 valence electrons. The summed E-state index contributed by atoms with van der Waals surface area (Å²) in [6.07, 6.45) is -1.33. The lowest BCUT2D eigenvalue weighted by Gasteiger charge is -2.13. The maximum Gasteiger partial charge on any atom is 0.260 e. The molecule has 0 radical (unpaired) electrons. The first-order chi connectivity index (χ1) is 5.66. The lowest BCUT2D eigenvalue weighted by atomic mass is 10.2. The second-order valence-corrected chi connectivity index (χ2v) is 2.26. The monoisotopic (exact) mass is 177 g/mol. The van der Waals surface area contributed by atoms with Crippen molar-refractivity contribution in [2.24, 2.45) is 12.9 Å². The molecule has 0 saturated carbocycles. The van der Waals surface area contributed by atoms with E-state index in [9.17, 15) is 8.78 Å². The van der Waals surface area contributed by atoms with Crippen molar-refractivity contribution < 1.29 is 8.78 Å². The molecule has 0 amide bonds. The number of nitrogens with two attached hydrogens (primary N) is 1. The summed E-state index contributed by atoms with van der Waals surface area (Å²) in [6.45, 7) is 0. The summed E-state index contributed by atoms with van der Waals surface area (Å²) in [4.78, 5) is 0. The van der Waals surface area contributed by atoms with Gasteiger partial charge in [-0.15, -0.1) is 5.10 Å². The smallest absolute Gasteiger partial charge is 0.260 e. The molecule has 1 unspecified atom stereocenters. The quantitative estimate of drug-likeness (QED) is 0.486. The van der Waals surface area contributed by atoms with E-state index >= 15 is 0 Å². The second-order valence-electron chi connectivity index (χ2n) is 2.26. The molecule has 12 heavy (non-hydrogen) atoms. The highest BCUT2D eigenvalue weighted by Crippen LogP contribution is 2.17. The van der Waals surface area contributed by atoms with Crippen LogP contribution in [0.4, 0.5) is 8.78 Å². The fourth-order valence-electron chi connectivity index (χ4n) is 0.866. The zero-order valence-corrected chi connectivity index (χ0v) is 6.41. The molecule has 1 rings (SSSR count). The fraction of sp³-hybridized carbons (Fsp3) is 0.600. The van der Waals surface area contributed by atoms with Crippen LogP contribution in [0, 0.1) is 0 Å². The number of aryl methyl sites for hydroxylation is 1. The molecule has 0 aromatic carbocycles. The van der Waals surface area contributed by atoms with Gasteiger partial charge in [0.15, 0.2) is 0 Å². The van der Waals surface area contributed by atoms with Gasteiger partial charge in [0.1, 0.15) is 6.04 Å². The minimum absolute atomic E-state index is 0.257. The van der Waals surface area contributed by atoms with Crippen LogP contribution >= 0.6 is 0 Å². The van der Waals surface area contributed by atoms with E-state index in [1.165, 1.54) is 17.9 Å². The van der Waals surface area contributed by atoms with Crippen molar-refractivity contribution in [2.75, 3.05) is 0 Å². The molecule has 3 N–H and O–H groups in total. The van der Waals surface area contributed by atoms with E-state index in [2.05, 4.69) is 10.3 Å². The highest BCUT2D eigenvalue weighted by molar-refractivity contribution is 5.02. The maximum absolute atomic E-state index is 12.2. The van der Waals surface area contributed by atoms with Crippen LogP contribution < -0.4 is 11.3 Å². The molecule has 0 aliphatic heterocycles. The summed E-state index contributed by atoms with van der Waals surface area (Å²) in [5, 5.41) is 6.96. The maximum atomic E-state index is 12.2. The predicted octanol–water partition coefficient (Wildman–Crippen LogP) is -0.415. The van der Waals surface area contributed by atoms with Gasteiger partial charge in [0, 0.05) is 7.05 Å². The van der Waals surface area contributed by atoms with E-state index in [4.69, 9.17) is 5.84 Å². The topological polar surface area (TPSA) is 68.8 Å². The molecule has 0 saturated heterocycles. The third kappa shape index (κ3) is 1.56. The van der Waals surface area contributed by atoms with Crippen LogP contribution in [0.3, 0.4) is 0 Å². The molecule has 0 aliphatic carbocycles. The highest BCUT2D eigenvalue weighted by atomic mass is 19.3. The minimum atomic E-state index is -2.58. The zero-order chi connectivity index (χ0) is 9.14. The van der Waals surface area contributed by atoms with E-state index in [0.717, 1.165) is 0 Å². The molecule has 1 aromatic heterocycles. The van der Waals surface area contributed by atoms with Gasteiger partial charge in [0.2, 0.25) is 0 Å². The number of aromatic nitrogens is 3. The second kappa shape index (κ2) is 3.55. The number of rotatable bonds is 3. The Bertz CT molecular complexity index is 248. The Kier molecular flexibility index (Phi) is 2.66. The molecule has 1 heterocycles. The first-order valence-electron chi connectivity index (χ1n) is 3.25. The van der Waals surface area contributed by atoms with Crippen molar-refractivity contribution in [1.82, 2.24) is 20.4 Å². The molecular weight excluding hydrogens is 168 g/mol. The third-order valence-corrected chi connectivity index (χ3v) is 1.50. The molecule has 1 atom stereocenters. The molecule has 0 bridgehead atoms. The molecule has 5 nitrogen and oxygen atoms in total. The van der Waals surface area contributed by atoms with Crippen LogP contribution in [0.5, 0.6) is 0 Å².